The molecule has 0 aliphatic carbocycles. The van der Waals surface area contributed by atoms with E-state index in [2.05, 4.69) is 57.6 Å². The number of benzene rings is 2. The molecule has 0 aromatic heterocycles. The van der Waals surface area contributed by atoms with Crippen molar-refractivity contribution in [2.45, 2.75) is 12.8 Å². The molecular weight excluding hydrogens is 276 g/mol. The standard InChI is InChI=1S/C14H13BrN2/c15-13-5-3-12-10-14(6-4-11(12)9-13)17-8-2-1-7-16/h3-6,9-10,17H,1-2,8H2. The Hall–Kier alpha value is -1.53. The van der Waals surface area contributed by atoms with Gasteiger partial charge in [-0.25, -0.2) is 0 Å². The Bertz CT molecular complexity index is 558. The highest BCUT2D eigenvalue weighted by molar-refractivity contribution is 9.10. The molecule has 0 fully saturated rings. The largest absolute Gasteiger partial charge is 0.385 e. The maximum Gasteiger partial charge on any atom is 0.0622 e. The van der Waals surface area contributed by atoms with Crippen molar-refractivity contribution in [3.63, 3.8) is 0 Å². The summed E-state index contributed by atoms with van der Waals surface area (Å²) in [6.45, 7) is 0.843. The topological polar surface area (TPSA) is 35.8 Å². The third kappa shape index (κ3) is 3.21. The monoisotopic (exact) mass is 288 g/mol. The molecular formula is C14H13BrN2. The van der Waals surface area contributed by atoms with E-state index in [0.717, 1.165) is 23.1 Å². The number of nitrogens with zero attached hydrogens (tertiary/aromatic N) is 1. The first-order valence-electron chi connectivity index (χ1n) is 5.60. The minimum Gasteiger partial charge on any atom is -0.385 e. The molecule has 1 N–H and O–H groups in total. The van der Waals surface area contributed by atoms with Crippen LogP contribution in [0.1, 0.15) is 12.8 Å². The molecule has 0 saturated heterocycles. The molecule has 0 atom stereocenters. The van der Waals surface area contributed by atoms with E-state index in [0.29, 0.717) is 6.42 Å². The number of unbranched alkanes of at least 4 members (excludes halogenated alkanes) is 1. The summed E-state index contributed by atoms with van der Waals surface area (Å²) in [5.74, 6) is 0. The molecule has 3 heteroatoms. The maximum absolute atomic E-state index is 8.45. The summed E-state index contributed by atoms with van der Waals surface area (Å²) in [5, 5.41) is 14.2. The van der Waals surface area contributed by atoms with Gasteiger partial charge in [0, 0.05) is 23.1 Å². The number of nitriles is 1. The van der Waals surface area contributed by atoms with Crippen molar-refractivity contribution in [3.8, 4) is 6.07 Å². The Balaban J connectivity index is 2.10. The quantitative estimate of drug-likeness (QED) is 0.851. The van der Waals surface area contributed by atoms with Gasteiger partial charge in [-0.2, -0.15) is 5.26 Å². The Morgan fingerprint density at radius 3 is 2.71 bits per heavy atom. The molecule has 0 aliphatic rings. The first-order chi connectivity index (χ1) is 8.29. The van der Waals surface area contributed by atoms with Gasteiger partial charge in [-0.15, -0.1) is 0 Å². The van der Waals surface area contributed by atoms with Gasteiger partial charge in [-0.1, -0.05) is 28.1 Å². The fourth-order valence-electron chi connectivity index (χ4n) is 1.73. The van der Waals surface area contributed by atoms with Crippen LogP contribution in [0.4, 0.5) is 5.69 Å². The van der Waals surface area contributed by atoms with Gasteiger partial charge >= 0.3 is 0 Å². The molecule has 2 aromatic carbocycles. The van der Waals surface area contributed by atoms with Crippen LogP contribution in [0.3, 0.4) is 0 Å². The van der Waals surface area contributed by atoms with E-state index in [9.17, 15) is 0 Å². The lowest BCUT2D eigenvalue weighted by Gasteiger charge is -2.06. The van der Waals surface area contributed by atoms with Crippen molar-refractivity contribution in [3.05, 3.63) is 40.9 Å². The van der Waals surface area contributed by atoms with Gasteiger partial charge in [0.05, 0.1) is 6.07 Å². The van der Waals surface area contributed by atoms with Crippen LogP contribution in [-0.2, 0) is 0 Å². The summed E-state index contributed by atoms with van der Waals surface area (Å²) in [7, 11) is 0. The molecule has 2 nitrogen and oxygen atoms in total. The van der Waals surface area contributed by atoms with Crippen LogP contribution in [0, 0.1) is 11.3 Å². The Morgan fingerprint density at radius 1 is 1.12 bits per heavy atom. The van der Waals surface area contributed by atoms with E-state index in [1.165, 1.54) is 10.8 Å². The van der Waals surface area contributed by atoms with E-state index in [1.54, 1.807) is 0 Å². The van der Waals surface area contributed by atoms with Gasteiger partial charge in [0.25, 0.3) is 0 Å². The van der Waals surface area contributed by atoms with Crippen molar-refractivity contribution < 1.29 is 0 Å². The number of rotatable bonds is 4. The van der Waals surface area contributed by atoms with Crippen LogP contribution in [0.25, 0.3) is 10.8 Å². The summed E-state index contributed by atoms with van der Waals surface area (Å²) in [6, 6.07) is 14.7. The highest BCUT2D eigenvalue weighted by Crippen LogP contribution is 2.22. The minimum atomic E-state index is 0.605. The van der Waals surface area contributed by atoms with Gasteiger partial charge < -0.3 is 5.32 Å². The average Bonchev–Trinajstić information content (AvgIpc) is 2.35. The van der Waals surface area contributed by atoms with Gasteiger partial charge in [0.2, 0.25) is 0 Å². The van der Waals surface area contributed by atoms with E-state index < -0.39 is 0 Å². The molecule has 0 unspecified atom stereocenters. The first-order valence-corrected chi connectivity index (χ1v) is 6.39. The highest BCUT2D eigenvalue weighted by atomic mass is 79.9. The molecule has 0 amide bonds. The molecule has 0 spiro atoms. The number of anilines is 1. The van der Waals surface area contributed by atoms with Crippen LogP contribution in [-0.4, -0.2) is 6.54 Å². The SMILES string of the molecule is N#CCCCNc1ccc2cc(Br)ccc2c1. The fraction of sp³-hybridized carbons (Fsp3) is 0.214. The lowest BCUT2D eigenvalue weighted by Crippen LogP contribution is -2.00. The Kier molecular flexibility index (Phi) is 4.00. The Morgan fingerprint density at radius 2 is 1.88 bits per heavy atom. The van der Waals surface area contributed by atoms with Crippen molar-refractivity contribution in [1.29, 1.82) is 5.26 Å². The first kappa shape index (κ1) is 11.9. The second-order valence-corrected chi connectivity index (χ2v) is 4.81. The molecule has 2 aromatic rings. The van der Waals surface area contributed by atoms with Crippen molar-refractivity contribution in [2.75, 3.05) is 11.9 Å². The highest BCUT2D eigenvalue weighted by Gasteiger charge is 1.97. The van der Waals surface area contributed by atoms with Gasteiger partial charge in [0.1, 0.15) is 0 Å². The third-order valence-electron chi connectivity index (χ3n) is 2.60. The third-order valence-corrected chi connectivity index (χ3v) is 3.09. The zero-order valence-corrected chi connectivity index (χ0v) is 11.0. The normalized spacial score (nSPS) is 10.1. The van der Waals surface area contributed by atoms with Crippen molar-refractivity contribution in [2.24, 2.45) is 0 Å². The van der Waals surface area contributed by atoms with Crippen LogP contribution < -0.4 is 5.32 Å². The molecule has 0 bridgehead atoms. The van der Waals surface area contributed by atoms with E-state index in [4.69, 9.17) is 5.26 Å². The molecule has 0 radical (unpaired) electrons. The summed E-state index contributed by atoms with van der Waals surface area (Å²) in [4.78, 5) is 0. The average molecular weight is 289 g/mol. The molecule has 0 saturated carbocycles. The second kappa shape index (κ2) is 5.70. The smallest absolute Gasteiger partial charge is 0.0622 e. The summed E-state index contributed by atoms with van der Waals surface area (Å²) < 4.78 is 1.10. The fourth-order valence-corrected chi connectivity index (χ4v) is 2.11. The number of halogens is 1. The molecule has 0 heterocycles. The molecule has 0 aliphatic heterocycles. The maximum atomic E-state index is 8.45. The number of hydrogen-bond donors (Lipinski definition) is 1. The zero-order valence-electron chi connectivity index (χ0n) is 9.41. The number of hydrogen-bond acceptors (Lipinski definition) is 2. The molecule has 86 valence electrons. The minimum absolute atomic E-state index is 0.605. The van der Waals surface area contributed by atoms with Gasteiger partial charge in [0.15, 0.2) is 0 Å². The number of fused-ring (bicyclic) bond motifs is 1. The number of nitrogens with one attached hydrogen (secondary N) is 1. The summed E-state index contributed by atoms with van der Waals surface area (Å²) in [6.07, 6.45) is 1.49. The van der Waals surface area contributed by atoms with E-state index in [1.807, 2.05) is 6.07 Å². The second-order valence-electron chi connectivity index (χ2n) is 3.89. The van der Waals surface area contributed by atoms with E-state index >= 15 is 0 Å². The summed E-state index contributed by atoms with van der Waals surface area (Å²) >= 11 is 3.46. The predicted octanol–water partition coefficient (Wildman–Crippen LogP) is 4.32. The summed E-state index contributed by atoms with van der Waals surface area (Å²) in [5.41, 5.74) is 1.11. The van der Waals surface area contributed by atoms with Crippen LogP contribution >= 0.6 is 15.9 Å². The van der Waals surface area contributed by atoms with Gasteiger partial charge in [-0.3, -0.25) is 0 Å². The van der Waals surface area contributed by atoms with E-state index in [-0.39, 0.29) is 0 Å². The lowest BCUT2D eigenvalue weighted by molar-refractivity contribution is 0.898. The lowest BCUT2D eigenvalue weighted by atomic mass is 10.1. The molecule has 2 rings (SSSR count). The Labute approximate surface area is 109 Å². The van der Waals surface area contributed by atoms with Crippen molar-refractivity contribution in [1.82, 2.24) is 0 Å². The van der Waals surface area contributed by atoms with Crippen LogP contribution in [0.15, 0.2) is 40.9 Å². The van der Waals surface area contributed by atoms with Crippen LogP contribution in [0.5, 0.6) is 0 Å². The van der Waals surface area contributed by atoms with Crippen molar-refractivity contribution >= 4 is 32.4 Å². The zero-order chi connectivity index (χ0) is 12.1. The predicted molar refractivity (Wildman–Crippen MR) is 75.0 cm³/mol. The molecule has 17 heavy (non-hydrogen) atoms. The van der Waals surface area contributed by atoms with Gasteiger partial charge in [-0.05, 0) is 41.5 Å². The van der Waals surface area contributed by atoms with Crippen LogP contribution in [0.2, 0.25) is 0 Å².